The van der Waals surface area contributed by atoms with E-state index < -0.39 is 35.5 Å². The maximum Gasteiger partial charge on any atom is 0.306 e. The lowest BCUT2D eigenvalue weighted by molar-refractivity contribution is -0.141. The first-order valence-corrected chi connectivity index (χ1v) is 15.3. The molecule has 5 heterocycles. The Morgan fingerprint density at radius 3 is 1.65 bits per heavy atom. The fourth-order valence-corrected chi connectivity index (χ4v) is 6.09. The van der Waals surface area contributed by atoms with E-state index in [-0.39, 0.29) is 58.9 Å². The molecule has 3 aromatic heterocycles. The molecule has 0 spiro atoms. The molecule has 0 atom stereocenters. The molecule has 8 bridgehead atoms. The average Bonchev–Trinajstić information content (AvgIpc) is 3.72. The quantitative estimate of drug-likeness (QED) is 0.181. The van der Waals surface area contributed by atoms with E-state index in [0.29, 0.717) is 56.7 Å². The van der Waals surface area contributed by atoms with Crippen LogP contribution < -0.4 is 0 Å². The van der Waals surface area contributed by atoms with E-state index in [1.165, 1.54) is 27.2 Å². The number of esters is 2. The molecule has 8 nitrogen and oxygen atoms in total. The van der Waals surface area contributed by atoms with Gasteiger partial charge in [0.05, 0.1) is 42.5 Å². The second-order valence-electron chi connectivity index (χ2n) is 11.7. The number of rotatable bonds is 8. The number of nitrogens with one attached hydrogen (secondary N) is 2. The highest BCUT2D eigenvalue weighted by Crippen LogP contribution is 2.39. The number of aryl methyl sites for hydroxylation is 2. The van der Waals surface area contributed by atoms with Crippen molar-refractivity contribution in [2.45, 2.75) is 53.4 Å². The Hall–Kier alpha value is -5.33. The number of allylic oxidation sites excluding steroid dienone is 4. The van der Waals surface area contributed by atoms with Crippen molar-refractivity contribution in [2.24, 2.45) is 0 Å². The van der Waals surface area contributed by atoms with Gasteiger partial charge < -0.3 is 19.4 Å². The Labute approximate surface area is 278 Å². The third-order valence-electron chi connectivity index (χ3n) is 8.84. The molecule has 49 heavy (non-hydrogen) atoms. The molecule has 5 rings (SSSR count). The third kappa shape index (κ3) is 6.96. The van der Waals surface area contributed by atoms with E-state index in [4.69, 9.17) is 19.4 Å². The van der Waals surface area contributed by atoms with Gasteiger partial charge in [0.15, 0.2) is 5.83 Å². The Kier molecular flexibility index (Phi) is 10.0. The fourth-order valence-electron chi connectivity index (χ4n) is 6.09. The van der Waals surface area contributed by atoms with Crippen LogP contribution in [0.15, 0.2) is 36.4 Å². The zero-order valence-electron chi connectivity index (χ0n) is 27.6. The molecule has 0 unspecified atom stereocenters. The first-order valence-electron chi connectivity index (χ1n) is 15.3. The van der Waals surface area contributed by atoms with Crippen molar-refractivity contribution in [1.82, 2.24) is 19.9 Å². The van der Waals surface area contributed by atoms with Crippen LogP contribution in [0.1, 0.15) is 84.6 Å². The average molecular weight is 681 g/mol. The Balaban J connectivity index is 1.96. The zero-order valence-corrected chi connectivity index (χ0v) is 27.6. The van der Waals surface area contributed by atoms with Gasteiger partial charge in [-0.2, -0.15) is 17.6 Å². The number of methoxy groups -OCH3 is 2. The summed E-state index contributed by atoms with van der Waals surface area (Å²) in [5, 5.41) is 0. The summed E-state index contributed by atoms with van der Waals surface area (Å²) in [6, 6.07) is 6.29. The zero-order chi connectivity index (χ0) is 35.7. The second kappa shape index (κ2) is 14.0. The summed E-state index contributed by atoms with van der Waals surface area (Å²) in [4.78, 5) is 40.1. The first-order chi connectivity index (χ1) is 23.2. The van der Waals surface area contributed by atoms with Gasteiger partial charge in [-0.05, 0) is 98.2 Å². The van der Waals surface area contributed by atoms with Gasteiger partial charge in [-0.15, -0.1) is 0 Å². The SMILES string of the molecule is COC(=O)CCC1=C(C)c2cc3[nH]c(cc4[nH]c(cc5nc(cc1n2)C(CCC(=O)OC)=C5C)c(C=C(F)F)c4C)c(C(F)=C(F)F)c3C. The molecule has 0 aromatic carbocycles. The van der Waals surface area contributed by atoms with Crippen LogP contribution in [0.2, 0.25) is 0 Å². The Morgan fingerprint density at radius 1 is 0.673 bits per heavy atom. The van der Waals surface area contributed by atoms with E-state index in [2.05, 4.69) is 9.97 Å². The van der Waals surface area contributed by atoms with E-state index in [1.54, 1.807) is 39.0 Å². The van der Waals surface area contributed by atoms with Crippen LogP contribution >= 0.6 is 0 Å². The number of hydrogen-bond acceptors (Lipinski definition) is 6. The lowest BCUT2D eigenvalue weighted by Crippen LogP contribution is -2.01. The summed E-state index contributed by atoms with van der Waals surface area (Å²) in [5.74, 6) is -2.60. The van der Waals surface area contributed by atoms with Crippen molar-refractivity contribution in [2.75, 3.05) is 14.2 Å². The van der Waals surface area contributed by atoms with Crippen LogP contribution in [0.25, 0.3) is 56.3 Å². The lowest BCUT2D eigenvalue weighted by atomic mass is 9.98. The fraction of sp³-hybridized carbons (Fsp3) is 0.278. The number of halogens is 5. The van der Waals surface area contributed by atoms with E-state index in [9.17, 15) is 27.2 Å². The highest BCUT2D eigenvalue weighted by atomic mass is 19.3. The van der Waals surface area contributed by atoms with E-state index in [1.807, 2.05) is 0 Å². The van der Waals surface area contributed by atoms with Gasteiger partial charge in [-0.25, -0.2) is 14.4 Å². The number of hydrogen-bond donors (Lipinski definition) is 2. The van der Waals surface area contributed by atoms with Crippen molar-refractivity contribution in [3.63, 3.8) is 0 Å². The Morgan fingerprint density at radius 2 is 1.16 bits per heavy atom. The first kappa shape index (κ1) is 35.0. The molecule has 2 aliphatic heterocycles. The largest absolute Gasteiger partial charge is 0.469 e. The molecule has 0 fully saturated rings. The number of carbonyl (C=O) groups excluding carboxylic acids is 2. The highest BCUT2D eigenvalue weighted by Gasteiger charge is 2.24. The van der Waals surface area contributed by atoms with Crippen LogP contribution in [0.5, 0.6) is 0 Å². The van der Waals surface area contributed by atoms with E-state index >= 15 is 4.39 Å². The molecule has 0 aliphatic carbocycles. The third-order valence-corrected chi connectivity index (χ3v) is 8.84. The van der Waals surface area contributed by atoms with Crippen LogP contribution in [0.3, 0.4) is 0 Å². The number of fused-ring (bicyclic) bond motifs is 8. The summed E-state index contributed by atoms with van der Waals surface area (Å²) < 4.78 is 79.7. The summed E-state index contributed by atoms with van der Waals surface area (Å²) >= 11 is 0. The number of nitrogens with zero attached hydrogens (tertiary/aromatic N) is 2. The van der Waals surface area contributed by atoms with Gasteiger partial charge in [0.2, 0.25) is 0 Å². The van der Waals surface area contributed by atoms with Crippen molar-refractivity contribution in [3.8, 4) is 0 Å². The summed E-state index contributed by atoms with van der Waals surface area (Å²) in [6.07, 6.45) is -3.22. The molecule has 0 saturated heterocycles. The monoisotopic (exact) mass is 680 g/mol. The predicted molar refractivity (Wildman–Crippen MR) is 178 cm³/mol. The maximum atomic E-state index is 15.1. The summed E-state index contributed by atoms with van der Waals surface area (Å²) in [5.41, 5.74) is 5.56. The normalized spacial score (nSPS) is 12.7. The molecule has 13 heteroatoms. The summed E-state index contributed by atoms with van der Waals surface area (Å²) in [6.45, 7) is 6.65. The van der Waals surface area contributed by atoms with Gasteiger partial charge in [-0.1, -0.05) is 0 Å². The van der Waals surface area contributed by atoms with Gasteiger partial charge >= 0.3 is 18.0 Å². The highest BCUT2D eigenvalue weighted by molar-refractivity contribution is 5.97. The van der Waals surface area contributed by atoms with Gasteiger partial charge in [0.25, 0.3) is 6.08 Å². The van der Waals surface area contributed by atoms with Crippen LogP contribution in [0, 0.1) is 13.8 Å². The molecule has 256 valence electrons. The molecule has 3 aromatic rings. The lowest BCUT2D eigenvalue weighted by Gasteiger charge is -2.06. The molecule has 2 aliphatic rings. The molecular weight excluding hydrogens is 647 g/mol. The number of H-pyrrole nitrogens is 2. The standard InChI is InChI=1S/C36H33F5N4O4/c1-16-20(7-9-32(46)48-5)27-15-28-21(8-10-33(47)49-6)17(2)24(43-28)13-29-22(11-31(37)38)18(3)25(44-29)14-30-34(35(39)36(40)41)19(4)26(45-30)12-23(16)42-27/h11-15,44-45H,7-10H2,1-6H3. The second-order valence-corrected chi connectivity index (χ2v) is 11.7. The number of carbonyl (C=O) groups is 2. The van der Waals surface area contributed by atoms with Crippen molar-refractivity contribution in [3.05, 3.63) is 81.5 Å². The molecule has 0 radical (unpaired) electrons. The minimum Gasteiger partial charge on any atom is -0.469 e. The molecule has 0 amide bonds. The predicted octanol–water partition coefficient (Wildman–Crippen LogP) is 9.47. The minimum atomic E-state index is -2.52. The molecule has 0 saturated carbocycles. The maximum absolute atomic E-state index is 15.1. The minimum absolute atomic E-state index is 0.0230. The topological polar surface area (TPSA) is 110 Å². The van der Waals surface area contributed by atoms with Crippen LogP contribution in [-0.4, -0.2) is 46.1 Å². The number of aromatic amines is 2. The van der Waals surface area contributed by atoms with Gasteiger partial charge in [0, 0.05) is 46.6 Å². The van der Waals surface area contributed by atoms with Gasteiger partial charge in [-0.3, -0.25) is 9.59 Å². The molecular formula is C36H33F5N4O4. The van der Waals surface area contributed by atoms with Crippen molar-refractivity contribution in [1.29, 1.82) is 0 Å². The summed E-state index contributed by atoms with van der Waals surface area (Å²) in [7, 11) is 2.57. The van der Waals surface area contributed by atoms with Crippen molar-refractivity contribution < 1.29 is 41.0 Å². The molecule has 2 N–H and O–H groups in total. The van der Waals surface area contributed by atoms with E-state index in [0.717, 1.165) is 0 Å². The Bertz CT molecular complexity index is 2180. The number of ether oxygens (including phenoxy) is 2. The van der Waals surface area contributed by atoms with Crippen LogP contribution in [-0.2, 0) is 19.1 Å². The van der Waals surface area contributed by atoms with Crippen molar-refractivity contribution >= 4 is 68.2 Å². The number of aromatic nitrogens is 4. The van der Waals surface area contributed by atoms with Gasteiger partial charge in [0.1, 0.15) is 0 Å². The smallest absolute Gasteiger partial charge is 0.306 e. The van der Waals surface area contributed by atoms with Crippen LogP contribution in [0.4, 0.5) is 22.0 Å².